The molecule has 2 aromatic carbocycles. The van der Waals surface area contributed by atoms with Gasteiger partial charge in [-0.1, -0.05) is 39.0 Å². The second-order valence-electron chi connectivity index (χ2n) is 11.1. The molecule has 0 aliphatic heterocycles. The minimum atomic E-state index is -0.347. The van der Waals surface area contributed by atoms with Crippen molar-refractivity contribution < 1.29 is 14.5 Å². The van der Waals surface area contributed by atoms with Gasteiger partial charge in [0.1, 0.15) is 0 Å². The molecule has 1 saturated carbocycles. The van der Waals surface area contributed by atoms with Crippen molar-refractivity contribution in [1.29, 1.82) is 0 Å². The normalized spacial score (nSPS) is 17.8. The lowest BCUT2D eigenvalue weighted by atomic mass is 9.71. The number of rotatable bonds is 6. The highest BCUT2D eigenvalue weighted by molar-refractivity contribution is 5.98. The molecule has 1 heterocycles. The Morgan fingerprint density at radius 2 is 1.68 bits per heavy atom. The van der Waals surface area contributed by atoms with Crippen LogP contribution < -0.4 is 15.6 Å². The van der Waals surface area contributed by atoms with Gasteiger partial charge < -0.3 is 10.2 Å². The number of hydrogen-bond donors (Lipinski definition) is 3. The van der Waals surface area contributed by atoms with Crippen LogP contribution in [0.15, 0.2) is 42.5 Å². The molecule has 0 saturated heterocycles. The molecule has 3 N–H and O–H groups in total. The summed E-state index contributed by atoms with van der Waals surface area (Å²) in [5.41, 5.74) is 7.26. The number of carbonyl (C=O) groups excluding carboxylic acids is 2. The van der Waals surface area contributed by atoms with Crippen LogP contribution in [0.2, 0.25) is 0 Å². The maximum atomic E-state index is 13.6. The average Bonchev–Trinajstić information content (AvgIpc) is 3.35. The van der Waals surface area contributed by atoms with Crippen molar-refractivity contribution in [2.45, 2.75) is 72.9 Å². The van der Waals surface area contributed by atoms with Gasteiger partial charge in [-0.3, -0.25) is 4.79 Å². The van der Waals surface area contributed by atoms with Crippen molar-refractivity contribution in [2.24, 2.45) is 11.3 Å². The lowest BCUT2D eigenvalue weighted by Gasteiger charge is -2.41. The summed E-state index contributed by atoms with van der Waals surface area (Å²) < 4.78 is 0. The standard InChI is InChI=1S/C27H36N8O2/c1-18-14-19(2)16-23(15-18)28-26(37)34(24-12-10-22(11-13-24)27(3,4)5)17-20-6-8-21(9-7-20)25(36)29-35-32-30-31-33-35/h6-9,14-16,22,24H,10-13,17H2,1-5H3,(H2,28,29,36,37)/p+1. The first-order valence-corrected chi connectivity index (χ1v) is 12.8. The highest BCUT2D eigenvalue weighted by Gasteiger charge is 2.33. The van der Waals surface area contributed by atoms with Crippen LogP contribution in [-0.4, -0.2) is 43.7 Å². The predicted octanol–water partition coefficient (Wildman–Crippen LogP) is 4.13. The van der Waals surface area contributed by atoms with Crippen LogP contribution in [0.25, 0.3) is 0 Å². The first-order chi connectivity index (χ1) is 17.6. The van der Waals surface area contributed by atoms with Crippen LogP contribution in [-0.2, 0) is 6.54 Å². The molecule has 1 aliphatic rings. The molecule has 3 amide bonds. The zero-order valence-corrected chi connectivity index (χ0v) is 22.3. The molecule has 37 heavy (non-hydrogen) atoms. The van der Waals surface area contributed by atoms with E-state index in [1.807, 2.05) is 43.0 Å². The zero-order chi connectivity index (χ0) is 26.6. The quantitative estimate of drug-likeness (QED) is 0.435. The number of nitrogens with zero attached hydrogens (tertiary/aromatic N) is 5. The van der Waals surface area contributed by atoms with Crippen molar-refractivity contribution in [3.8, 4) is 0 Å². The SMILES string of the molecule is Cc1cc(C)cc(NC(=O)N(Cc2ccc(C(=O)N[n+]3nnn[nH]3)cc2)C2CCC(C(C)(C)C)CC2)c1. The molecule has 1 aromatic heterocycles. The molecule has 0 atom stereocenters. The Balaban J connectivity index is 1.49. The van der Waals surface area contributed by atoms with E-state index < -0.39 is 0 Å². The Morgan fingerprint density at radius 3 is 2.24 bits per heavy atom. The number of aromatic amines is 1. The molecule has 4 rings (SSSR count). The Labute approximate surface area is 217 Å². The van der Waals surface area contributed by atoms with Crippen LogP contribution >= 0.6 is 0 Å². The van der Waals surface area contributed by atoms with Gasteiger partial charge in [0.2, 0.25) is 10.4 Å². The third-order valence-corrected chi connectivity index (χ3v) is 7.19. The van der Waals surface area contributed by atoms with Crippen LogP contribution in [0.1, 0.15) is 73.5 Å². The van der Waals surface area contributed by atoms with Gasteiger partial charge >= 0.3 is 6.03 Å². The zero-order valence-electron chi connectivity index (χ0n) is 22.3. The van der Waals surface area contributed by atoms with Crippen LogP contribution in [0, 0.1) is 25.2 Å². The summed E-state index contributed by atoms with van der Waals surface area (Å²) in [5.74, 6) is 0.309. The van der Waals surface area contributed by atoms with Crippen LogP contribution in [0.3, 0.4) is 0 Å². The molecule has 10 heteroatoms. The summed E-state index contributed by atoms with van der Waals surface area (Å²) in [7, 11) is 0. The number of carbonyl (C=O) groups is 2. The Hall–Kier alpha value is -3.82. The predicted molar refractivity (Wildman–Crippen MR) is 140 cm³/mol. The van der Waals surface area contributed by atoms with E-state index in [4.69, 9.17) is 0 Å². The van der Waals surface area contributed by atoms with Gasteiger partial charge in [-0.2, -0.15) is 5.43 Å². The Morgan fingerprint density at radius 1 is 1.03 bits per heavy atom. The highest BCUT2D eigenvalue weighted by atomic mass is 16.2. The number of H-pyrrole nitrogens is 1. The molecule has 1 fully saturated rings. The fourth-order valence-electron chi connectivity index (χ4n) is 5.17. The summed E-state index contributed by atoms with van der Waals surface area (Å²) >= 11 is 0. The molecular formula is C27H37N8O2+. The van der Waals surface area contributed by atoms with E-state index >= 15 is 0 Å². The minimum Gasteiger partial charge on any atom is -0.317 e. The van der Waals surface area contributed by atoms with Crippen LogP contribution in [0.5, 0.6) is 0 Å². The van der Waals surface area contributed by atoms with E-state index in [9.17, 15) is 9.59 Å². The number of benzene rings is 2. The van der Waals surface area contributed by atoms with Crippen molar-refractivity contribution in [2.75, 3.05) is 10.7 Å². The van der Waals surface area contributed by atoms with Crippen molar-refractivity contribution in [3.05, 3.63) is 64.7 Å². The van der Waals surface area contributed by atoms with Crippen molar-refractivity contribution in [3.63, 3.8) is 0 Å². The average molecular weight is 506 g/mol. The summed E-state index contributed by atoms with van der Waals surface area (Å²) in [6.07, 6.45) is 4.17. The highest BCUT2D eigenvalue weighted by Crippen LogP contribution is 2.39. The molecule has 0 bridgehead atoms. The molecule has 0 radical (unpaired) electrons. The number of amides is 3. The van der Waals surface area contributed by atoms with E-state index in [1.54, 1.807) is 12.1 Å². The van der Waals surface area contributed by atoms with Crippen molar-refractivity contribution >= 4 is 17.6 Å². The molecule has 1 aliphatic carbocycles. The maximum Gasteiger partial charge on any atom is 0.322 e. The second kappa shape index (κ2) is 11.1. The Bertz CT molecular complexity index is 1190. The lowest BCUT2D eigenvalue weighted by molar-refractivity contribution is -0.759. The maximum absolute atomic E-state index is 13.6. The van der Waals surface area contributed by atoms with E-state index in [0.717, 1.165) is 53.0 Å². The smallest absolute Gasteiger partial charge is 0.317 e. The molecule has 0 unspecified atom stereocenters. The summed E-state index contributed by atoms with van der Waals surface area (Å²) in [5, 5.41) is 16.0. The molecule has 196 valence electrons. The fourth-order valence-corrected chi connectivity index (χ4v) is 5.17. The van der Waals surface area contributed by atoms with E-state index in [0.29, 0.717) is 18.0 Å². The van der Waals surface area contributed by atoms with E-state index in [1.165, 1.54) is 0 Å². The van der Waals surface area contributed by atoms with E-state index in [2.05, 4.69) is 58.4 Å². The van der Waals surface area contributed by atoms with Gasteiger partial charge in [-0.05, 0) is 97.0 Å². The summed E-state index contributed by atoms with van der Waals surface area (Å²) in [4.78, 5) is 29.0. The number of anilines is 1. The van der Waals surface area contributed by atoms with Gasteiger partial charge in [0.05, 0.1) is 0 Å². The lowest BCUT2D eigenvalue weighted by Crippen LogP contribution is -2.52. The summed E-state index contributed by atoms with van der Waals surface area (Å²) in [6, 6.07) is 13.4. The number of aromatic nitrogens is 5. The molecular weight excluding hydrogens is 468 g/mol. The van der Waals surface area contributed by atoms with Crippen molar-refractivity contribution in [1.82, 2.24) is 25.8 Å². The summed E-state index contributed by atoms with van der Waals surface area (Å²) in [6.45, 7) is 11.4. The third-order valence-electron chi connectivity index (χ3n) is 7.19. The number of nitrogens with one attached hydrogen (secondary N) is 3. The fraction of sp³-hybridized carbons (Fsp3) is 0.481. The van der Waals surface area contributed by atoms with Gasteiger partial charge in [-0.15, -0.1) is 0 Å². The van der Waals surface area contributed by atoms with Gasteiger partial charge in [0.25, 0.3) is 5.91 Å². The minimum absolute atomic E-state index is 0.0970. The Kier molecular flexibility index (Phi) is 7.85. The largest absolute Gasteiger partial charge is 0.322 e. The number of urea groups is 1. The molecule has 3 aromatic rings. The van der Waals surface area contributed by atoms with Gasteiger partial charge in [0.15, 0.2) is 5.21 Å². The van der Waals surface area contributed by atoms with Gasteiger partial charge in [0, 0.05) is 28.7 Å². The first-order valence-electron chi connectivity index (χ1n) is 12.8. The first kappa shape index (κ1) is 26.2. The van der Waals surface area contributed by atoms with Gasteiger partial charge in [-0.25, -0.2) is 4.79 Å². The molecule has 10 nitrogen and oxygen atoms in total. The monoisotopic (exact) mass is 505 g/mol. The van der Waals surface area contributed by atoms with E-state index in [-0.39, 0.29) is 23.4 Å². The molecule has 0 spiro atoms. The number of hydrogen-bond acceptors (Lipinski definition) is 5. The third kappa shape index (κ3) is 6.90. The topological polar surface area (TPSA) is 120 Å². The number of aryl methyl sites for hydroxylation is 2. The van der Waals surface area contributed by atoms with Crippen LogP contribution in [0.4, 0.5) is 10.5 Å². The second-order valence-corrected chi connectivity index (χ2v) is 11.1.